The number of ether oxygens (including phenoxy) is 2. The van der Waals surface area contributed by atoms with E-state index in [1.165, 1.54) is 6.08 Å². The quantitative estimate of drug-likeness (QED) is 0.360. The van der Waals surface area contributed by atoms with E-state index in [-0.39, 0.29) is 19.1 Å². The van der Waals surface area contributed by atoms with Crippen LogP contribution in [0.15, 0.2) is 12.7 Å². The SMILES string of the molecule is C=CCOC(=O)OCCCl. The highest BCUT2D eigenvalue weighted by Gasteiger charge is 1.99. The van der Waals surface area contributed by atoms with Crippen molar-refractivity contribution in [2.75, 3.05) is 19.1 Å². The summed E-state index contributed by atoms with van der Waals surface area (Å²) < 4.78 is 8.91. The van der Waals surface area contributed by atoms with Crippen LogP contribution in [0.5, 0.6) is 0 Å². The summed E-state index contributed by atoms with van der Waals surface area (Å²) in [6, 6.07) is 0. The van der Waals surface area contributed by atoms with E-state index < -0.39 is 6.16 Å². The summed E-state index contributed by atoms with van der Waals surface area (Å²) in [5.74, 6) is 0.281. The number of hydrogen-bond donors (Lipinski definition) is 0. The van der Waals surface area contributed by atoms with E-state index in [9.17, 15) is 4.79 Å². The zero-order valence-electron chi connectivity index (χ0n) is 5.51. The van der Waals surface area contributed by atoms with Crippen LogP contribution in [0.4, 0.5) is 4.79 Å². The van der Waals surface area contributed by atoms with Crippen LogP contribution in [0.1, 0.15) is 0 Å². The summed E-state index contributed by atoms with van der Waals surface area (Å²) in [5.41, 5.74) is 0. The van der Waals surface area contributed by atoms with Gasteiger partial charge in [0.15, 0.2) is 0 Å². The Kier molecular flexibility index (Phi) is 5.97. The first-order valence-electron chi connectivity index (χ1n) is 2.77. The molecule has 0 rings (SSSR count). The third-order valence-electron chi connectivity index (χ3n) is 0.616. The largest absolute Gasteiger partial charge is 0.508 e. The molecule has 0 aliphatic heterocycles. The second-order valence-corrected chi connectivity index (χ2v) is 1.77. The lowest BCUT2D eigenvalue weighted by Gasteiger charge is -2.00. The molecule has 0 saturated carbocycles. The molecule has 0 unspecified atom stereocenters. The number of hydrogen-bond acceptors (Lipinski definition) is 3. The van der Waals surface area contributed by atoms with E-state index in [1.54, 1.807) is 0 Å². The lowest BCUT2D eigenvalue weighted by Crippen LogP contribution is -2.08. The molecule has 0 heterocycles. The first-order valence-corrected chi connectivity index (χ1v) is 3.31. The van der Waals surface area contributed by atoms with Gasteiger partial charge >= 0.3 is 6.16 Å². The molecule has 0 aromatic heterocycles. The molecule has 0 saturated heterocycles. The van der Waals surface area contributed by atoms with Crippen molar-refractivity contribution in [1.82, 2.24) is 0 Å². The third-order valence-corrected chi connectivity index (χ3v) is 0.770. The molecule has 4 heteroatoms. The molecule has 0 bridgehead atoms. The van der Waals surface area contributed by atoms with Crippen molar-refractivity contribution in [3.8, 4) is 0 Å². The van der Waals surface area contributed by atoms with Crippen LogP contribution < -0.4 is 0 Å². The highest BCUT2D eigenvalue weighted by molar-refractivity contribution is 6.18. The van der Waals surface area contributed by atoms with Crippen molar-refractivity contribution < 1.29 is 14.3 Å². The minimum Gasteiger partial charge on any atom is -0.433 e. The molecule has 0 atom stereocenters. The van der Waals surface area contributed by atoms with Gasteiger partial charge < -0.3 is 9.47 Å². The van der Waals surface area contributed by atoms with Gasteiger partial charge in [-0.3, -0.25) is 0 Å². The maximum absolute atomic E-state index is 10.4. The van der Waals surface area contributed by atoms with Gasteiger partial charge in [-0.2, -0.15) is 0 Å². The molecule has 0 aliphatic rings. The van der Waals surface area contributed by atoms with Crippen LogP contribution in [0.25, 0.3) is 0 Å². The van der Waals surface area contributed by atoms with E-state index in [0.29, 0.717) is 0 Å². The Morgan fingerprint density at radius 1 is 1.60 bits per heavy atom. The van der Waals surface area contributed by atoms with E-state index in [1.807, 2.05) is 0 Å². The first kappa shape index (κ1) is 9.30. The standard InChI is InChI=1S/C6H9ClO3/c1-2-4-9-6(8)10-5-3-7/h2H,1,3-5H2. The lowest BCUT2D eigenvalue weighted by atomic mass is 10.7. The van der Waals surface area contributed by atoms with E-state index in [0.717, 1.165) is 0 Å². The van der Waals surface area contributed by atoms with Crippen LogP contribution in [0, 0.1) is 0 Å². The average molecular weight is 165 g/mol. The fourth-order valence-corrected chi connectivity index (χ4v) is 0.368. The number of alkyl halides is 1. The molecule has 0 radical (unpaired) electrons. The monoisotopic (exact) mass is 164 g/mol. The Hall–Kier alpha value is -0.700. The van der Waals surface area contributed by atoms with Gasteiger partial charge in [-0.05, 0) is 0 Å². The Balaban J connectivity index is 3.16. The number of carbonyl (C=O) groups is 1. The van der Waals surface area contributed by atoms with Crippen molar-refractivity contribution in [1.29, 1.82) is 0 Å². The highest BCUT2D eigenvalue weighted by Crippen LogP contribution is 1.86. The zero-order valence-corrected chi connectivity index (χ0v) is 6.26. The summed E-state index contributed by atoms with van der Waals surface area (Å²) in [6.45, 7) is 3.70. The lowest BCUT2D eigenvalue weighted by molar-refractivity contribution is 0.0679. The zero-order chi connectivity index (χ0) is 7.82. The van der Waals surface area contributed by atoms with Gasteiger partial charge in [0.1, 0.15) is 13.2 Å². The molecule has 10 heavy (non-hydrogen) atoms. The van der Waals surface area contributed by atoms with E-state index >= 15 is 0 Å². The van der Waals surface area contributed by atoms with Gasteiger partial charge in [0, 0.05) is 0 Å². The molecule has 0 amide bonds. The van der Waals surface area contributed by atoms with Gasteiger partial charge in [-0.1, -0.05) is 12.7 Å². The van der Waals surface area contributed by atoms with Crippen LogP contribution in [-0.4, -0.2) is 25.2 Å². The van der Waals surface area contributed by atoms with Gasteiger partial charge in [-0.25, -0.2) is 4.79 Å². The van der Waals surface area contributed by atoms with Crippen LogP contribution in [0.2, 0.25) is 0 Å². The van der Waals surface area contributed by atoms with Crippen molar-refractivity contribution in [2.45, 2.75) is 0 Å². The van der Waals surface area contributed by atoms with Gasteiger partial charge in [0.2, 0.25) is 0 Å². The van der Waals surface area contributed by atoms with Gasteiger partial charge in [0.25, 0.3) is 0 Å². The molecule has 0 spiro atoms. The first-order chi connectivity index (χ1) is 4.81. The summed E-state index contributed by atoms with van der Waals surface area (Å²) in [6.07, 6.45) is 0.752. The molecule has 3 nitrogen and oxygen atoms in total. The number of rotatable bonds is 4. The Labute approximate surface area is 64.6 Å². The second-order valence-electron chi connectivity index (χ2n) is 1.39. The van der Waals surface area contributed by atoms with Crippen molar-refractivity contribution in [3.63, 3.8) is 0 Å². The van der Waals surface area contributed by atoms with Crippen molar-refractivity contribution in [3.05, 3.63) is 12.7 Å². The average Bonchev–Trinajstić information content (AvgIpc) is 1.97. The van der Waals surface area contributed by atoms with Crippen LogP contribution in [-0.2, 0) is 9.47 Å². The predicted molar refractivity (Wildman–Crippen MR) is 38.2 cm³/mol. The Morgan fingerprint density at radius 3 is 2.80 bits per heavy atom. The Bertz CT molecular complexity index is 114. The molecular formula is C6H9ClO3. The minimum atomic E-state index is -0.708. The summed E-state index contributed by atoms with van der Waals surface area (Å²) in [4.78, 5) is 10.4. The third kappa shape index (κ3) is 5.44. The summed E-state index contributed by atoms with van der Waals surface area (Å²) >= 11 is 5.23. The molecule has 0 N–H and O–H groups in total. The minimum absolute atomic E-state index is 0.168. The van der Waals surface area contributed by atoms with E-state index in [4.69, 9.17) is 11.6 Å². The van der Waals surface area contributed by atoms with Gasteiger partial charge in [-0.15, -0.1) is 11.6 Å². The summed E-state index contributed by atoms with van der Waals surface area (Å²) in [5, 5.41) is 0. The maximum atomic E-state index is 10.4. The van der Waals surface area contributed by atoms with E-state index in [2.05, 4.69) is 16.1 Å². The molecule has 58 valence electrons. The molecule has 0 aliphatic carbocycles. The van der Waals surface area contributed by atoms with Gasteiger partial charge in [0.05, 0.1) is 5.88 Å². The molecule has 0 fully saturated rings. The molecule has 0 aromatic rings. The van der Waals surface area contributed by atoms with Crippen LogP contribution in [0.3, 0.4) is 0 Å². The second kappa shape index (κ2) is 6.42. The normalized spacial score (nSPS) is 8.50. The van der Waals surface area contributed by atoms with Crippen LogP contribution >= 0.6 is 11.6 Å². The topological polar surface area (TPSA) is 35.5 Å². The maximum Gasteiger partial charge on any atom is 0.508 e. The fraction of sp³-hybridized carbons (Fsp3) is 0.500. The number of carbonyl (C=O) groups excluding carboxylic acids is 1. The summed E-state index contributed by atoms with van der Waals surface area (Å²) in [7, 11) is 0. The predicted octanol–water partition coefficient (Wildman–Crippen LogP) is 1.56. The highest BCUT2D eigenvalue weighted by atomic mass is 35.5. The molecule has 0 aromatic carbocycles. The fourth-order valence-electron chi connectivity index (χ4n) is 0.291. The van der Waals surface area contributed by atoms with Crippen molar-refractivity contribution in [2.24, 2.45) is 0 Å². The molecular weight excluding hydrogens is 156 g/mol. The number of halogens is 1. The smallest absolute Gasteiger partial charge is 0.433 e. The van der Waals surface area contributed by atoms with Crippen molar-refractivity contribution >= 4 is 17.8 Å². The Morgan fingerprint density at radius 2 is 2.30 bits per heavy atom.